The molecule has 2 aromatic rings. The Kier molecular flexibility index (Phi) is 3.63. The molecule has 4 heteroatoms. The van der Waals surface area contributed by atoms with Gasteiger partial charge in [-0.1, -0.05) is 0 Å². The quantitative estimate of drug-likeness (QED) is 0.827. The van der Waals surface area contributed by atoms with Crippen molar-refractivity contribution in [1.29, 1.82) is 0 Å². The summed E-state index contributed by atoms with van der Waals surface area (Å²) in [7, 11) is 0. The molecule has 0 aromatic carbocycles. The number of hydrogen-bond donors (Lipinski definition) is 1. The monoisotopic (exact) mass is 342 g/mol. The largest absolute Gasteiger partial charge is 0.382 e. The van der Waals surface area contributed by atoms with Gasteiger partial charge in [0.1, 0.15) is 6.10 Å². The Morgan fingerprint density at radius 2 is 2.00 bits per heavy atom. The van der Waals surface area contributed by atoms with Crippen LogP contribution < -0.4 is 0 Å². The van der Waals surface area contributed by atoms with Gasteiger partial charge in [0.2, 0.25) is 0 Å². The van der Waals surface area contributed by atoms with Crippen LogP contribution in [0.2, 0.25) is 0 Å². The third kappa shape index (κ3) is 2.31. The average molecular weight is 343 g/mol. The van der Waals surface area contributed by atoms with Gasteiger partial charge in [-0.25, -0.2) is 0 Å². The van der Waals surface area contributed by atoms with E-state index in [9.17, 15) is 5.11 Å². The molecule has 96 valence electrons. The van der Waals surface area contributed by atoms with Gasteiger partial charge in [0, 0.05) is 19.1 Å². The van der Waals surface area contributed by atoms with E-state index in [4.69, 9.17) is 0 Å². The number of aryl methyl sites for hydroxylation is 3. The lowest BCUT2D eigenvalue weighted by Gasteiger charge is -2.08. The number of rotatable bonds is 2. The zero-order valence-electron chi connectivity index (χ0n) is 10.2. The van der Waals surface area contributed by atoms with Crippen LogP contribution in [-0.4, -0.2) is 5.11 Å². The van der Waals surface area contributed by atoms with E-state index in [1.807, 2.05) is 0 Å². The Hall–Kier alpha value is -0.160. The number of aliphatic hydroxyl groups excluding tert-OH is 1. The molecule has 0 radical (unpaired) electrons. The third-order valence-electron chi connectivity index (χ3n) is 3.37. The molecule has 1 aliphatic carbocycles. The normalized spacial score (nSPS) is 16.6. The lowest BCUT2D eigenvalue weighted by atomic mass is 9.99. The van der Waals surface area contributed by atoms with Crippen molar-refractivity contribution in [3.63, 3.8) is 0 Å². The van der Waals surface area contributed by atoms with Crippen LogP contribution in [0, 0.1) is 6.92 Å². The Labute approximate surface area is 124 Å². The van der Waals surface area contributed by atoms with Crippen molar-refractivity contribution in [1.82, 2.24) is 0 Å². The van der Waals surface area contributed by atoms with E-state index in [0.29, 0.717) is 0 Å². The van der Waals surface area contributed by atoms with Gasteiger partial charge in [-0.2, -0.15) is 0 Å². The fourth-order valence-corrected chi connectivity index (χ4v) is 5.67. The zero-order chi connectivity index (χ0) is 12.7. The molecule has 0 amide bonds. The molecule has 1 atom stereocenters. The first-order valence-electron chi connectivity index (χ1n) is 6.20. The van der Waals surface area contributed by atoms with Crippen LogP contribution in [-0.2, 0) is 12.8 Å². The molecule has 3 rings (SSSR count). The molecule has 1 unspecified atom stereocenters. The predicted molar refractivity (Wildman–Crippen MR) is 81.8 cm³/mol. The second-order valence-electron chi connectivity index (χ2n) is 4.78. The first kappa shape index (κ1) is 12.9. The fraction of sp³-hybridized carbons (Fsp3) is 0.429. The number of fused-ring (bicyclic) bond motifs is 1. The summed E-state index contributed by atoms with van der Waals surface area (Å²) in [6, 6.07) is 4.29. The molecular weight excluding hydrogens is 328 g/mol. The minimum atomic E-state index is -0.464. The molecule has 1 nitrogen and oxygen atoms in total. The maximum Gasteiger partial charge on any atom is 0.123 e. The smallest absolute Gasteiger partial charge is 0.123 e. The van der Waals surface area contributed by atoms with Crippen LogP contribution in [0.5, 0.6) is 0 Å². The second kappa shape index (κ2) is 5.08. The summed E-state index contributed by atoms with van der Waals surface area (Å²) in [5.41, 5.74) is 1.46. The average Bonchev–Trinajstić information content (AvgIpc) is 2.91. The summed E-state index contributed by atoms with van der Waals surface area (Å²) in [6.07, 6.45) is 4.50. The molecular formula is C14H15BrOS2. The van der Waals surface area contributed by atoms with Crippen molar-refractivity contribution in [3.05, 3.63) is 41.7 Å². The Bertz CT molecular complexity index is 547. The molecule has 0 bridgehead atoms. The van der Waals surface area contributed by atoms with E-state index in [-0.39, 0.29) is 0 Å². The van der Waals surface area contributed by atoms with Gasteiger partial charge < -0.3 is 5.11 Å². The van der Waals surface area contributed by atoms with E-state index >= 15 is 0 Å². The van der Waals surface area contributed by atoms with E-state index in [1.165, 1.54) is 41.0 Å². The Morgan fingerprint density at radius 1 is 1.22 bits per heavy atom. The lowest BCUT2D eigenvalue weighted by Crippen LogP contribution is -1.97. The minimum Gasteiger partial charge on any atom is -0.382 e. The van der Waals surface area contributed by atoms with Crippen molar-refractivity contribution in [2.45, 2.75) is 38.7 Å². The molecule has 0 spiro atoms. The second-order valence-corrected chi connectivity index (χ2v) is 8.09. The van der Waals surface area contributed by atoms with Crippen molar-refractivity contribution < 1.29 is 5.11 Å². The van der Waals surface area contributed by atoms with E-state index < -0.39 is 6.10 Å². The highest BCUT2D eigenvalue weighted by molar-refractivity contribution is 9.10. The summed E-state index contributed by atoms with van der Waals surface area (Å²) in [4.78, 5) is 4.85. The highest BCUT2D eigenvalue weighted by Gasteiger charge is 2.21. The van der Waals surface area contributed by atoms with Crippen LogP contribution in [0.3, 0.4) is 0 Å². The first-order chi connectivity index (χ1) is 8.65. The molecule has 0 saturated heterocycles. The minimum absolute atomic E-state index is 0.464. The molecule has 2 aromatic heterocycles. The Morgan fingerprint density at radius 3 is 2.67 bits per heavy atom. The molecule has 0 fully saturated rings. The van der Waals surface area contributed by atoms with Crippen LogP contribution in [0.25, 0.3) is 0 Å². The summed E-state index contributed by atoms with van der Waals surface area (Å²) in [6.45, 7) is 2.07. The van der Waals surface area contributed by atoms with E-state index in [2.05, 4.69) is 35.0 Å². The van der Waals surface area contributed by atoms with Gasteiger partial charge in [-0.05, 0) is 66.2 Å². The predicted octanol–water partition coefficient (Wildman–Crippen LogP) is 4.84. The number of aliphatic hydroxyl groups is 1. The van der Waals surface area contributed by atoms with Crippen LogP contribution in [0.4, 0.5) is 0 Å². The maximum atomic E-state index is 10.5. The van der Waals surface area contributed by atoms with Crippen molar-refractivity contribution in [3.8, 4) is 0 Å². The number of hydrogen-bond acceptors (Lipinski definition) is 3. The topological polar surface area (TPSA) is 20.2 Å². The van der Waals surface area contributed by atoms with E-state index in [0.717, 1.165) is 14.2 Å². The molecule has 0 saturated carbocycles. The maximum absolute atomic E-state index is 10.5. The third-order valence-corrected chi connectivity index (χ3v) is 6.68. The van der Waals surface area contributed by atoms with Gasteiger partial charge >= 0.3 is 0 Å². The molecule has 1 aliphatic rings. The Balaban J connectivity index is 1.94. The summed E-state index contributed by atoms with van der Waals surface area (Å²) in [5.74, 6) is 0. The van der Waals surface area contributed by atoms with Crippen LogP contribution in [0.15, 0.2) is 16.6 Å². The summed E-state index contributed by atoms with van der Waals surface area (Å²) < 4.78 is 1.03. The molecule has 2 heterocycles. The van der Waals surface area contributed by atoms with Crippen LogP contribution in [0.1, 0.15) is 44.0 Å². The summed E-state index contributed by atoms with van der Waals surface area (Å²) in [5, 5.41) is 10.5. The summed E-state index contributed by atoms with van der Waals surface area (Å²) >= 11 is 7.01. The highest BCUT2D eigenvalue weighted by atomic mass is 79.9. The van der Waals surface area contributed by atoms with Gasteiger partial charge in [0.05, 0.1) is 4.88 Å². The van der Waals surface area contributed by atoms with Gasteiger partial charge in [-0.3, -0.25) is 0 Å². The van der Waals surface area contributed by atoms with Crippen molar-refractivity contribution >= 4 is 38.6 Å². The van der Waals surface area contributed by atoms with Crippen molar-refractivity contribution in [2.24, 2.45) is 0 Å². The molecule has 18 heavy (non-hydrogen) atoms. The number of thiophene rings is 2. The van der Waals surface area contributed by atoms with Crippen LogP contribution >= 0.6 is 38.6 Å². The molecule has 0 aliphatic heterocycles. The van der Waals surface area contributed by atoms with E-state index in [1.54, 1.807) is 22.7 Å². The number of halogens is 1. The van der Waals surface area contributed by atoms with Gasteiger partial charge in [0.25, 0.3) is 0 Å². The van der Waals surface area contributed by atoms with Gasteiger partial charge in [-0.15, -0.1) is 22.7 Å². The zero-order valence-corrected chi connectivity index (χ0v) is 13.4. The highest BCUT2D eigenvalue weighted by Crippen LogP contribution is 2.40. The van der Waals surface area contributed by atoms with Gasteiger partial charge in [0.15, 0.2) is 0 Å². The fourth-order valence-electron chi connectivity index (χ4n) is 2.47. The lowest BCUT2D eigenvalue weighted by molar-refractivity contribution is 0.227. The standard InChI is InChI=1S/C14H15BrOS2/c1-8-6-10(15)14(17-8)13(16)12-7-9-4-2-3-5-11(9)18-12/h6-7,13,16H,2-5H2,1H3. The van der Waals surface area contributed by atoms with Crippen molar-refractivity contribution in [2.75, 3.05) is 0 Å². The SMILES string of the molecule is Cc1cc(Br)c(C(O)c2cc3c(s2)CCCC3)s1. The molecule has 1 N–H and O–H groups in total. The first-order valence-corrected chi connectivity index (χ1v) is 8.63.